The Morgan fingerprint density at radius 2 is 1.36 bits per heavy atom. The number of anilines is 3. The zero-order valence-corrected chi connectivity index (χ0v) is 15.3. The first-order chi connectivity index (χ1) is 13.9. The van der Waals surface area contributed by atoms with E-state index >= 15 is 0 Å². The summed E-state index contributed by atoms with van der Waals surface area (Å²) >= 11 is 0. The van der Waals surface area contributed by atoms with Gasteiger partial charge >= 0.3 is 0 Å². The summed E-state index contributed by atoms with van der Waals surface area (Å²) in [6, 6.07) is 32.2. The molecule has 0 saturated heterocycles. The topological polar surface area (TPSA) is 19.0 Å². The van der Waals surface area contributed by atoms with E-state index in [0.29, 0.717) is 0 Å². The van der Waals surface area contributed by atoms with Crippen molar-refractivity contribution in [2.75, 3.05) is 4.90 Å². The molecule has 0 saturated carbocycles. The summed E-state index contributed by atoms with van der Waals surface area (Å²) in [5.41, 5.74) is 8.37. The molecule has 1 aliphatic heterocycles. The lowest BCUT2D eigenvalue weighted by Crippen LogP contribution is -2.11. The highest BCUT2D eigenvalue weighted by Crippen LogP contribution is 2.45. The van der Waals surface area contributed by atoms with Crippen LogP contribution in [0.4, 0.5) is 17.1 Å². The normalized spacial score (nSPS) is 12.8. The number of nitrogens with one attached hydrogen (secondary N) is 1. The second kappa shape index (κ2) is 5.86. The number of H-pyrrole nitrogens is 1. The number of hydrogen-bond donors (Lipinski definition) is 1. The van der Waals surface area contributed by atoms with Crippen LogP contribution in [0, 0.1) is 0 Å². The number of benzene rings is 4. The molecule has 2 nitrogen and oxygen atoms in total. The summed E-state index contributed by atoms with van der Waals surface area (Å²) in [5.74, 6) is 0. The van der Waals surface area contributed by atoms with Crippen LogP contribution in [0.25, 0.3) is 34.0 Å². The van der Waals surface area contributed by atoms with E-state index in [1.165, 1.54) is 50.0 Å². The quantitative estimate of drug-likeness (QED) is 0.327. The zero-order valence-electron chi connectivity index (χ0n) is 15.3. The van der Waals surface area contributed by atoms with Gasteiger partial charge in [-0.1, -0.05) is 66.7 Å². The van der Waals surface area contributed by atoms with Gasteiger partial charge in [0.2, 0.25) is 0 Å². The van der Waals surface area contributed by atoms with Crippen LogP contribution in [0.5, 0.6) is 0 Å². The monoisotopic (exact) mass is 358 g/mol. The molecule has 132 valence electrons. The molecular formula is C26H18N2. The largest absolute Gasteiger partial charge is 0.354 e. The van der Waals surface area contributed by atoms with Crippen molar-refractivity contribution < 1.29 is 0 Å². The smallest absolute Gasteiger partial charge is 0.0542 e. The minimum atomic E-state index is 1.17. The first-order valence-electron chi connectivity index (χ1n) is 9.56. The van der Waals surface area contributed by atoms with E-state index in [1.807, 2.05) is 0 Å². The first-order valence-corrected chi connectivity index (χ1v) is 9.56. The number of hydrogen-bond acceptors (Lipinski definition) is 1. The van der Waals surface area contributed by atoms with Crippen LogP contribution in [0.3, 0.4) is 0 Å². The fourth-order valence-electron chi connectivity index (χ4n) is 4.31. The van der Waals surface area contributed by atoms with Crippen molar-refractivity contribution in [3.05, 3.63) is 102 Å². The second-order valence-corrected chi connectivity index (χ2v) is 7.15. The van der Waals surface area contributed by atoms with E-state index in [9.17, 15) is 0 Å². The Balaban J connectivity index is 1.75. The van der Waals surface area contributed by atoms with Crippen LogP contribution in [-0.4, -0.2) is 4.98 Å². The molecule has 2 heteroatoms. The fourth-order valence-corrected chi connectivity index (χ4v) is 4.31. The van der Waals surface area contributed by atoms with E-state index in [0.717, 1.165) is 0 Å². The van der Waals surface area contributed by atoms with E-state index < -0.39 is 0 Å². The third-order valence-electron chi connectivity index (χ3n) is 5.55. The van der Waals surface area contributed by atoms with Gasteiger partial charge in [0.25, 0.3) is 0 Å². The van der Waals surface area contributed by atoms with Gasteiger partial charge in [0.1, 0.15) is 0 Å². The Morgan fingerprint density at radius 3 is 2.29 bits per heavy atom. The standard InChI is InChI=1S/C26H18N2/c1-2-9-19(10-3-1)28-24-13-7-4-8-18(24)14-15-21-25(28)17-16-23-26(21)20-11-5-6-12-22(20)27-23/h1-17,27H. The minimum Gasteiger partial charge on any atom is -0.354 e. The third kappa shape index (κ3) is 2.15. The molecule has 0 bridgehead atoms. The molecule has 4 aromatic carbocycles. The van der Waals surface area contributed by atoms with Crippen LogP contribution in [0.1, 0.15) is 11.1 Å². The maximum atomic E-state index is 3.57. The molecule has 2 heterocycles. The molecule has 1 aromatic heterocycles. The molecule has 0 radical (unpaired) electrons. The average molecular weight is 358 g/mol. The zero-order chi connectivity index (χ0) is 18.5. The van der Waals surface area contributed by atoms with Crippen molar-refractivity contribution >= 4 is 51.0 Å². The second-order valence-electron chi connectivity index (χ2n) is 7.15. The molecule has 0 fully saturated rings. The number of rotatable bonds is 1. The highest BCUT2D eigenvalue weighted by atomic mass is 15.1. The summed E-state index contributed by atoms with van der Waals surface area (Å²) < 4.78 is 0. The predicted molar refractivity (Wildman–Crippen MR) is 119 cm³/mol. The summed E-state index contributed by atoms with van der Waals surface area (Å²) in [7, 11) is 0. The molecule has 1 N–H and O–H groups in total. The Morgan fingerprint density at radius 1 is 0.571 bits per heavy atom. The van der Waals surface area contributed by atoms with E-state index in [-0.39, 0.29) is 0 Å². The molecule has 28 heavy (non-hydrogen) atoms. The number of para-hydroxylation sites is 3. The highest BCUT2D eigenvalue weighted by molar-refractivity contribution is 6.15. The van der Waals surface area contributed by atoms with Crippen LogP contribution in [0.2, 0.25) is 0 Å². The van der Waals surface area contributed by atoms with Crippen LogP contribution >= 0.6 is 0 Å². The molecule has 6 rings (SSSR count). The maximum Gasteiger partial charge on any atom is 0.0542 e. The SMILES string of the molecule is C1=Cc2c(ccc3[nH]c4ccccc4c23)N(c2ccccc2)c2ccccc21. The molecule has 0 atom stereocenters. The number of aromatic amines is 1. The van der Waals surface area contributed by atoms with Gasteiger partial charge in [-0.3, -0.25) is 0 Å². The Bertz CT molecular complexity index is 1360. The average Bonchev–Trinajstić information content (AvgIpc) is 3.05. The molecule has 0 unspecified atom stereocenters. The van der Waals surface area contributed by atoms with E-state index in [4.69, 9.17) is 0 Å². The maximum absolute atomic E-state index is 3.57. The molecule has 0 aliphatic carbocycles. The molecule has 5 aromatic rings. The lowest BCUT2D eigenvalue weighted by Gasteiger charge is -2.27. The van der Waals surface area contributed by atoms with Crippen LogP contribution < -0.4 is 4.90 Å². The Kier molecular flexibility index (Phi) is 3.20. The predicted octanol–water partition coefficient (Wildman–Crippen LogP) is 7.27. The Hall–Kier alpha value is -3.78. The lowest BCUT2D eigenvalue weighted by atomic mass is 10.0. The van der Waals surface area contributed by atoms with Crippen molar-refractivity contribution in [1.82, 2.24) is 4.98 Å². The number of fused-ring (bicyclic) bond motifs is 6. The van der Waals surface area contributed by atoms with Crippen molar-refractivity contribution in [3.63, 3.8) is 0 Å². The molecular weight excluding hydrogens is 340 g/mol. The summed E-state index contributed by atoms with van der Waals surface area (Å²) in [5, 5.41) is 2.54. The van der Waals surface area contributed by atoms with Crippen molar-refractivity contribution in [3.8, 4) is 0 Å². The number of nitrogens with zero attached hydrogens (tertiary/aromatic N) is 1. The number of aromatic nitrogens is 1. The van der Waals surface area contributed by atoms with Crippen molar-refractivity contribution in [1.29, 1.82) is 0 Å². The highest BCUT2D eigenvalue weighted by Gasteiger charge is 2.22. The molecule has 0 amide bonds. The van der Waals surface area contributed by atoms with Crippen LogP contribution in [-0.2, 0) is 0 Å². The van der Waals surface area contributed by atoms with Crippen molar-refractivity contribution in [2.24, 2.45) is 0 Å². The van der Waals surface area contributed by atoms with Gasteiger partial charge < -0.3 is 9.88 Å². The minimum absolute atomic E-state index is 1.17. The van der Waals surface area contributed by atoms with Gasteiger partial charge in [-0.25, -0.2) is 0 Å². The van der Waals surface area contributed by atoms with Gasteiger partial charge in [-0.15, -0.1) is 0 Å². The van der Waals surface area contributed by atoms with E-state index in [1.54, 1.807) is 0 Å². The fraction of sp³-hybridized carbons (Fsp3) is 0. The summed E-state index contributed by atoms with van der Waals surface area (Å²) in [4.78, 5) is 5.94. The molecule has 1 aliphatic rings. The first kappa shape index (κ1) is 15.3. The van der Waals surface area contributed by atoms with Gasteiger partial charge in [0, 0.05) is 33.1 Å². The van der Waals surface area contributed by atoms with E-state index in [2.05, 4.69) is 113 Å². The molecule has 0 spiro atoms. The Labute approximate surface area is 163 Å². The van der Waals surface area contributed by atoms with Gasteiger partial charge in [0.05, 0.1) is 11.4 Å². The van der Waals surface area contributed by atoms with Crippen molar-refractivity contribution in [2.45, 2.75) is 0 Å². The summed E-state index contributed by atoms with van der Waals surface area (Å²) in [6.07, 6.45) is 4.50. The van der Waals surface area contributed by atoms with Gasteiger partial charge in [-0.05, 0) is 42.0 Å². The summed E-state index contributed by atoms with van der Waals surface area (Å²) in [6.45, 7) is 0. The third-order valence-corrected chi connectivity index (χ3v) is 5.55. The lowest BCUT2D eigenvalue weighted by molar-refractivity contribution is 1.28. The van der Waals surface area contributed by atoms with Gasteiger partial charge in [-0.2, -0.15) is 0 Å². The van der Waals surface area contributed by atoms with Crippen LogP contribution in [0.15, 0.2) is 91.0 Å². The van der Waals surface area contributed by atoms with Gasteiger partial charge in [0.15, 0.2) is 0 Å².